The van der Waals surface area contributed by atoms with Gasteiger partial charge in [0.05, 0.1) is 12.9 Å². The molecule has 0 aliphatic heterocycles. The first-order valence-corrected chi connectivity index (χ1v) is 8.60. The molecule has 0 aromatic carbocycles. The number of hydrogen-bond acceptors (Lipinski definition) is 7. The molecular weight excluding hydrogens is 372 g/mol. The number of nitrogens with one attached hydrogen (secondary N) is 3. The fourth-order valence-corrected chi connectivity index (χ4v) is 2.10. The number of aromatic amines is 1. The number of rotatable bonds is 11. The van der Waals surface area contributed by atoms with Gasteiger partial charge in [-0.15, -0.1) is 0 Å². The summed E-state index contributed by atoms with van der Waals surface area (Å²) in [6, 6.07) is -1.99. The maximum atomic E-state index is 12.3. The van der Waals surface area contributed by atoms with Crippen molar-refractivity contribution in [3.8, 4) is 0 Å². The van der Waals surface area contributed by atoms with E-state index in [-0.39, 0.29) is 13.0 Å². The molecule has 0 spiro atoms. The van der Waals surface area contributed by atoms with Gasteiger partial charge in [-0.25, -0.2) is 9.78 Å². The normalized spacial score (nSPS) is 12.1. The van der Waals surface area contributed by atoms with Gasteiger partial charge in [0.15, 0.2) is 0 Å². The molecule has 0 unspecified atom stereocenters. The van der Waals surface area contributed by atoms with E-state index in [4.69, 9.17) is 21.4 Å². The Morgan fingerprint density at radius 3 is 2.25 bits per heavy atom. The fourth-order valence-electron chi connectivity index (χ4n) is 2.10. The third kappa shape index (κ3) is 11.6. The number of carbonyl (C=O) groups is 4. The second kappa shape index (κ2) is 14.1. The topological polar surface area (TPSA) is 214 Å². The Morgan fingerprint density at radius 1 is 1.14 bits per heavy atom. The van der Waals surface area contributed by atoms with Crippen LogP contribution in [0.4, 0.5) is 0 Å². The predicted molar refractivity (Wildman–Crippen MR) is 99.1 cm³/mol. The molecule has 12 heteroatoms. The first kappa shape index (κ1) is 25.0. The lowest BCUT2D eigenvalue weighted by Gasteiger charge is -2.21. The van der Waals surface area contributed by atoms with Gasteiger partial charge >= 0.3 is 5.97 Å². The van der Waals surface area contributed by atoms with E-state index in [1.807, 2.05) is 0 Å². The van der Waals surface area contributed by atoms with Crippen molar-refractivity contribution in [3.63, 3.8) is 0 Å². The molecular formula is C16H28N6O6. The summed E-state index contributed by atoms with van der Waals surface area (Å²) < 4.78 is 0. The van der Waals surface area contributed by atoms with Gasteiger partial charge in [0, 0.05) is 25.2 Å². The summed E-state index contributed by atoms with van der Waals surface area (Å²) in [5, 5.41) is 21.6. The fraction of sp³-hybridized carbons (Fsp3) is 0.562. The van der Waals surface area contributed by atoms with Crippen LogP contribution in [-0.2, 0) is 25.6 Å². The van der Waals surface area contributed by atoms with Crippen molar-refractivity contribution in [2.45, 2.75) is 44.7 Å². The molecule has 1 aromatic rings. The number of unbranched alkanes of at least 4 members (excludes halogenated alkanes) is 1. The van der Waals surface area contributed by atoms with Crippen molar-refractivity contribution in [2.24, 2.45) is 11.5 Å². The largest absolute Gasteiger partial charge is 0.481 e. The summed E-state index contributed by atoms with van der Waals surface area (Å²) in [7, 11) is 0. The van der Waals surface area contributed by atoms with Gasteiger partial charge in [0.1, 0.15) is 12.1 Å². The quantitative estimate of drug-likeness (QED) is 0.208. The zero-order chi connectivity index (χ0) is 21.5. The first-order valence-electron chi connectivity index (χ1n) is 8.60. The lowest BCUT2D eigenvalue weighted by Crippen LogP contribution is -2.53. The second-order valence-corrected chi connectivity index (χ2v) is 5.81. The zero-order valence-electron chi connectivity index (χ0n) is 15.7. The minimum Gasteiger partial charge on any atom is -0.481 e. The van der Waals surface area contributed by atoms with E-state index in [2.05, 4.69) is 20.6 Å². The van der Waals surface area contributed by atoms with Crippen LogP contribution in [0.2, 0.25) is 0 Å². The summed E-state index contributed by atoms with van der Waals surface area (Å²) in [5.74, 6) is -3.06. The molecule has 9 N–H and O–H groups in total. The van der Waals surface area contributed by atoms with Gasteiger partial charge in [-0.05, 0) is 25.8 Å². The Kier molecular flexibility index (Phi) is 12.6. The highest BCUT2D eigenvalue weighted by atomic mass is 16.4. The Morgan fingerprint density at radius 2 is 1.79 bits per heavy atom. The second-order valence-electron chi connectivity index (χ2n) is 5.81. The molecule has 0 saturated carbocycles. The Labute approximate surface area is 162 Å². The first-order chi connectivity index (χ1) is 13.2. The van der Waals surface area contributed by atoms with E-state index >= 15 is 0 Å². The predicted octanol–water partition coefficient (Wildman–Crippen LogP) is -1.81. The van der Waals surface area contributed by atoms with Crippen LogP contribution in [0.3, 0.4) is 0 Å². The number of carboxylic acids is 2. The van der Waals surface area contributed by atoms with E-state index in [0.29, 0.717) is 31.5 Å². The maximum absolute atomic E-state index is 12.3. The van der Waals surface area contributed by atoms with Gasteiger partial charge in [0.25, 0.3) is 5.97 Å². The monoisotopic (exact) mass is 400 g/mol. The van der Waals surface area contributed by atoms with Gasteiger partial charge in [-0.1, -0.05) is 0 Å². The Bertz CT molecular complexity index is 617. The average molecular weight is 400 g/mol. The van der Waals surface area contributed by atoms with E-state index in [1.165, 1.54) is 12.5 Å². The van der Waals surface area contributed by atoms with Gasteiger partial charge in [-0.3, -0.25) is 14.4 Å². The van der Waals surface area contributed by atoms with Crippen LogP contribution >= 0.6 is 0 Å². The molecule has 2 amide bonds. The molecule has 0 fully saturated rings. The molecule has 12 nitrogen and oxygen atoms in total. The molecule has 1 aromatic heterocycles. The van der Waals surface area contributed by atoms with Crippen molar-refractivity contribution in [1.82, 2.24) is 20.6 Å². The summed E-state index contributed by atoms with van der Waals surface area (Å²) >= 11 is 0. The standard InChI is InChI=1S/C14H24N6O4.C2H4O2/c15-4-2-1-3-10(19-12(21)6-16)13(22)20-11(14(23)24)5-9-7-17-8-18-9;1-2(3)4/h7-8,10-11H,1-6,15-16H2,(H,17,18)(H,19,21)(H,20,22)(H,23,24);1H3,(H,3,4)/t10-,11-;/m0./s1. The van der Waals surface area contributed by atoms with Crippen LogP contribution in [0.25, 0.3) is 0 Å². The van der Waals surface area contributed by atoms with E-state index < -0.39 is 35.8 Å². The van der Waals surface area contributed by atoms with Crippen LogP contribution in [-0.4, -0.2) is 69.1 Å². The number of amides is 2. The third-order valence-electron chi connectivity index (χ3n) is 3.38. The Balaban J connectivity index is 0.00000165. The van der Waals surface area contributed by atoms with E-state index in [0.717, 1.165) is 6.92 Å². The minimum absolute atomic E-state index is 0.0570. The molecule has 0 saturated heterocycles. The van der Waals surface area contributed by atoms with Crippen LogP contribution in [0.15, 0.2) is 12.5 Å². The summed E-state index contributed by atoms with van der Waals surface area (Å²) in [6.07, 6.45) is 4.63. The molecule has 0 aliphatic rings. The average Bonchev–Trinajstić information content (AvgIpc) is 3.12. The van der Waals surface area contributed by atoms with Crippen molar-refractivity contribution in [3.05, 3.63) is 18.2 Å². The number of hydrogen-bond donors (Lipinski definition) is 7. The number of imidazole rings is 1. The van der Waals surface area contributed by atoms with Gasteiger partial charge in [0.2, 0.25) is 11.8 Å². The summed E-state index contributed by atoms with van der Waals surface area (Å²) in [4.78, 5) is 50.7. The lowest BCUT2D eigenvalue weighted by molar-refractivity contribution is -0.142. The molecule has 0 radical (unpaired) electrons. The molecule has 0 bridgehead atoms. The van der Waals surface area contributed by atoms with Crippen LogP contribution in [0.5, 0.6) is 0 Å². The smallest absolute Gasteiger partial charge is 0.326 e. The summed E-state index contributed by atoms with van der Waals surface area (Å²) in [5.41, 5.74) is 11.2. The number of carbonyl (C=O) groups excluding carboxylic acids is 2. The maximum Gasteiger partial charge on any atom is 0.326 e. The third-order valence-corrected chi connectivity index (χ3v) is 3.38. The Hall–Kier alpha value is -2.99. The summed E-state index contributed by atoms with van der Waals surface area (Å²) in [6.45, 7) is 1.30. The number of nitrogens with two attached hydrogens (primary N) is 2. The number of aliphatic carboxylic acids is 2. The van der Waals surface area contributed by atoms with Gasteiger partial charge in [-0.2, -0.15) is 0 Å². The molecule has 0 aliphatic carbocycles. The van der Waals surface area contributed by atoms with Crippen LogP contribution in [0, 0.1) is 0 Å². The van der Waals surface area contributed by atoms with E-state index in [1.54, 1.807) is 0 Å². The van der Waals surface area contributed by atoms with Crippen LogP contribution in [0.1, 0.15) is 31.9 Å². The highest BCUT2D eigenvalue weighted by Crippen LogP contribution is 2.04. The van der Waals surface area contributed by atoms with Crippen molar-refractivity contribution >= 4 is 23.8 Å². The van der Waals surface area contributed by atoms with E-state index in [9.17, 15) is 19.5 Å². The number of carboxylic acid groups (broad SMARTS) is 2. The number of aromatic nitrogens is 2. The molecule has 28 heavy (non-hydrogen) atoms. The highest BCUT2D eigenvalue weighted by Gasteiger charge is 2.26. The zero-order valence-corrected chi connectivity index (χ0v) is 15.7. The molecule has 2 atom stereocenters. The SMILES string of the molecule is CC(=O)O.NCCCC[C@H](NC(=O)CN)C(=O)N[C@@H](Cc1cnc[nH]1)C(=O)O. The van der Waals surface area contributed by atoms with Crippen molar-refractivity contribution < 1.29 is 29.4 Å². The van der Waals surface area contributed by atoms with Crippen molar-refractivity contribution in [2.75, 3.05) is 13.1 Å². The van der Waals surface area contributed by atoms with Crippen LogP contribution < -0.4 is 22.1 Å². The highest BCUT2D eigenvalue weighted by molar-refractivity contribution is 5.90. The minimum atomic E-state index is -1.18. The number of H-pyrrole nitrogens is 1. The molecule has 1 heterocycles. The van der Waals surface area contributed by atoms with Crippen molar-refractivity contribution in [1.29, 1.82) is 0 Å². The molecule has 158 valence electrons. The lowest BCUT2D eigenvalue weighted by atomic mass is 10.1. The number of nitrogens with zero attached hydrogens (tertiary/aromatic N) is 1. The van der Waals surface area contributed by atoms with Gasteiger partial charge < -0.3 is 37.3 Å². The molecule has 1 rings (SSSR count).